The summed E-state index contributed by atoms with van der Waals surface area (Å²) < 4.78 is 1.88. The molecule has 0 aliphatic carbocycles. The monoisotopic (exact) mass is 532 g/mol. The summed E-state index contributed by atoms with van der Waals surface area (Å²) >= 11 is -1.52. The molecule has 0 aromatic rings. The van der Waals surface area contributed by atoms with Crippen LogP contribution in [0.25, 0.3) is 0 Å². The second-order valence-corrected chi connectivity index (χ2v) is 23.1. The summed E-state index contributed by atoms with van der Waals surface area (Å²) in [7, 11) is 13.2. The van der Waals surface area contributed by atoms with Crippen LogP contribution in [0.15, 0.2) is 11.6 Å². The number of hydrogen-bond acceptors (Lipinski definition) is 0. The normalized spacial score (nSPS) is 12.8. The van der Waals surface area contributed by atoms with Crippen LogP contribution < -0.4 is 0 Å². The van der Waals surface area contributed by atoms with Crippen molar-refractivity contribution in [3.63, 3.8) is 0 Å². The average Bonchev–Trinajstić information content (AvgIpc) is 2.16. The fourth-order valence-corrected chi connectivity index (χ4v) is 8.24. The van der Waals surface area contributed by atoms with Crippen LogP contribution in [0, 0.1) is 0 Å². The molecule has 0 unspecified atom stereocenters. The van der Waals surface area contributed by atoms with E-state index in [1.807, 2.05) is 24.5 Å². The molecule has 0 bridgehead atoms. The minimum absolute atomic E-state index is 0.512. The fourth-order valence-electron chi connectivity index (χ4n) is 2.41. The van der Waals surface area contributed by atoms with Crippen molar-refractivity contribution in [1.82, 2.24) is 0 Å². The molecule has 0 nitrogen and oxygen atoms in total. The van der Waals surface area contributed by atoms with E-state index >= 15 is 0 Å². The summed E-state index contributed by atoms with van der Waals surface area (Å²) in [5.74, 6) is 0. The third kappa shape index (κ3) is 44.8. The van der Waals surface area contributed by atoms with Crippen LogP contribution >= 0.6 is 36.5 Å². The van der Waals surface area contributed by atoms with E-state index in [0.717, 1.165) is 17.2 Å². The Morgan fingerprint density at radius 1 is 0.615 bits per heavy atom. The first kappa shape index (κ1) is 32.3. The van der Waals surface area contributed by atoms with Crippen molar-refractivity contribution in [3.05, 3.63) is 11.6 Å². The van der Waals surface area contributed by atoms with Crippen LogP contribution in [0.3, 0.4) is 0 Å². The molecule has 0 N–H and O–H groups in total. The zero-order valence-corrected chi connectivity index (χ0v) is 25.0. The molecular formula is C21H46Cl2P2Ru. The molecule has 0 aliphatic rings. The zero-order valence-electron chi connectivity index (χ0n) is 19.8. The maximum absolute atomic E-state index is 5.53. The summed E-state index contributed by atoms with van der Waals surface area (Å²) in [6, 6.07) is 0. The Morgan fingerprint density at radius 3 is 0.885 bits per heavy atom. The zero-order chi connectivity index (χ0) is 22.0. The van der Waals surface area contributed by atoms with E-state index in [1.165, 1.54) is 5.57 Å². The van der Waals surface area contributed by atoms with Gasteiger partial charge in [-0.15, -0.1) is 17.2 Å². The third-order valence-corrected chi connectivity index (χ3v) is 6.76. The molecule has 0 amide bonds. The molecular weight excluding hydrogens is 486 g/mol. The summed E-state index contributed by atoms with van der Waals surface area (Å²) in [4.78, 5) is 0. The van der Waals surface area contributed by atoms with Gasteiger partial charge in [-0.3, -0.25) is 0 Å². The minimum atomic E-state index is -1.52. The van der Waals surface area contributed by atoms with E-state index in [4.69, 9.17) is 19.4 Å². The Bertz CT molecular complexity index is 355. The van der Waals surface area contributed by atoms with E-state index in [2.05, 4.69) is 83.1 Å². The standard InChI is InChI=1S/2C8H19P.C5H8.2ClH.Ru/c2*1-7(2,3)9-8(4,5)6;1-4-5(2)3;;;/h2*9H,1-6H3;1,4H,2-3H3;2*1H;/q;;;;;+2/p-2. The molecule has 162 valence electrons. The molecule has 26 heavy (non-hydrogen) atoms. The Hall–Kier alpha value is 1.67. The predicted molar refractivity (Wildman–Crippen MR) is 133 cm³/mol. The second-order valence-electron chi connectivity index (χ2n) is 10.8. The number of rotatable bonds is 1. The summed E-state index contributed by atoms with van der Waals surface area (Å²) in [5.41, 5.74) is 1.24. The van der Waals surface area contributed by atoms with Crippen molar-refractivity contribution in [3.8, 4) is 0 Å². The predicted octanol–water partition coefficient (Wildman–Crippen LogP) is 9.20. The summed E-state index contributed by atoms with van der Waals surface area (Å²) in [5, 5.41) is 2.05. The Labute approximate surface area is 183 Å². The van der Waals surface area contributed by atoms with Crippen LogP contribution in [0.1, 0.15) is 96.9 Å². The molecule has 0 rings (SSSR count). The first-order chi connectivity index (χ1) is 11.0. The maximum atomic E-state index is 5.53. The van der Waals surface area contributed by atoms with Gasteiger partial charge in [-0.2, -0.15) is 0 Å². The molecule has 0 spiro atoms. The van der Waals surface area contributed by atoms with E-state index in [1.54, 1.807) is 0 Å². The van der Waals surface area contributed by atoms with Crippen LogP contribution in [-0.2, 0) is 13.5 Å². The van der Waals surface area contributed by atoms with E-state index < -0.39 is 13.5 Å². The van der Waals surface area contributed by atoms with Crippen LogP contribution in [0.4, 0.5) is 0 Å². The molecule has 0 atom stereocenters. The van der Waals surface area contributed by atoms with Gasteiger partial charge >= 0.3 is 63.0 Å². The van der Waals surface area contributed by atoms with Gasteiger partial charge in [0.2, 0.25) is 0 Å². The number of hydrogen-bond donors (Lipinski definition) is 0. The first-order valence-corrected chi connectivity index (χ1v) is 16.6. The Balaban J connectivity index is -0.000000306. The first-order valence-electron chi connectivity index (χ1n) is 9.09. The molecule has 0 aromatic carbocycles. The van der Waals surface area contributed by atoms with E-state index in [9.17, 15) is 0 Å². The topological polar surface area (TPSA) is 0 Å². The molecule has 5 heteroatoms. The molecule has 0 radical (unpaired) electrons. The van der Waals surface area contributed by atoms with Crippen LogP contribution in [0.5, 0.6) is 0 Å². The van der Waals surface area contributed by atoms with Gasteiger partial charge in [0.15, 0.2) is 0 Å². The van der Waals surface area contributed by atoms with Gasteiger partial charge in [-0.05, 0) is 20.6 Å². The van der Waals surface area contributed by atoms with Crippen LogP contribution in [-0.4, -0.2) is 25.2 Å². The summed E-state index contributed by atoms with van der Waals surface area (Å²) in [6.07, 6.45) is 1.96. The molecule has 0 heterocycles. The van der Waals surface area contributed by atoms with Crippen molar-refractivity contribution in [1.29, 1.82) is 0 Å². The molecule has 0 aliphatic heterocycles. The van der Waals surface area contributed by atoms with Gasteiger partial charge in [-0.25, -0.2) is 0 Å². The van der Waals surface area contributed by atoms with Gasteiger partial charge in [0.05, 0.1) is 0 Å². The van der Waals surface area contributed by atoms with Gasteiger partial charge in [0.25, 0.3) is 0 Å². The average molecular weight is 533 g/mol. The summed E-state index contributed by atoms with van der Waals surface area (Å²) in [6.45, 7) is 31.7. The molecule has 0 saturated carbocycles. The quantitative estimate of drug-likeness (QED) is 0.233. The van der Waals surface area contributed by atoms with Gasteiger partial charge < -0.3 is 0 Å². The number of allylic oxidation sites excluding steroid dienone is 2. The second kappa shape index (κ2) is 13.8. The fraction of sp³-hybridized carbons (Fsp3) is 0.857. The Kier molecular flexibility index (Phi) is 17.2. The van der Waals surface area contributed by atoms with Crippen molar-refractivity contribution in [2.75, 3.05) is 0 Å². The SMILES string of the molecule is CC(C)(C)PC(C)(C)C.CC(C)(C)PC(C)(C)C.CC(C)=C[CH]=[Ru]([Cl])[Cl]. The van der Waals surface area contributed by atoms with E-state index in [-0.39, 0.29) is 0 Å². The third-order valence-electron chi connectivity index (χ3n) is 1.98. The van der Waals surface area contributed by atoms with Gasteiger partial charge in [0, 0.05) is 0 Å². The van der Waals surface area contributed by atoms with Gasteiger partial charge in [-0.1, -0.05) is 83.1 Å². The van der Waals surface area contributed by atoms with Gasteiger partial charge in [0.1, 0.15) is 0 Å². The van der Waals surface area contributed by atoms with Crippen molar-refractivity contribution in [2.45, 2.75) is 118 Å². The van der Waals surface area contributed by atoms with E-state index in [0.29, 0.717) is 20.6 Å². The number of halogens is 2. The van der Waals surface area contributed by atoms with Crippen molar-refractivity contribution < 1.29 is 13.5 Å². The van der Waals surface area contributed by atoms with Crippen molar-refractivity contribution >= 4 is 41.2 Å². The molecule has 0 aromatic heterocycles. The molecule has 0 fully saturated rings. The van der Waals surface area contributed by atoms with Crippen molar-refractivity contribution in [2.24, 2.45) is 0 Å². The van der Waals surface area contributed by atoms with Crippen LogP contribution in [0.2, 0.25) is 0 Å². The Morgan fingerprint density at radius 2 is 0.846 bits per heavy atom. The molecule has 0 saturated heterocycles.